The van der Waals surface area contributed by atoms with E-state index in [4.69, 9.17) is 4.74 Å². The molecule has 0 heterocycles. The summed E-state index contributed by atoms with van der Waals surface area (Å²) in [6.45, 7) is 12.2. The molecule has 0 amide bonds. The first-order chi connectivity index (χ1) is 11.8. The molecule has 0 fully saturated rings. The summed E-state index contributed by atoms with van der Waals surface area (Å²) in [5, 5.41) is 0. The van der Waals surface area contributed by atoms with E-state index in [2.05, 4.69) is 39.5 Å². The predicted molar refractivity (Wildman–Crippen MR) is 106 cm³/mol. The molecule has 0 saturated heterocycles. The monoisotopic (exact) mass is 340 g/mol. The summed E-state index contributed by atoms with van der Waals surface area (Å²) in [5.41, 5.74) is 3.08. The Hall–Kier alpha value is -2.09. The number of hydrogen-bond acceptors (Lipinski definition) is 2. The molecule has 0 saturated carbocycles. The van der Waals surface area contributed by atoms with Crippen LogP contribution >= 0.6 is 0 Å². The lowest BCUT2D eigenvalue weighted by Gasteiger charge is -2.25. The molecule has 0 N–H and O–H groups in total. The summed E-state index contributed by atoms with van der Waals surface area (Å²) in [6, 6.07) is 9.67. The topological polar surface area (TPSA) is 26.3 Å². The standard InChI is InChI=1S/C23H32O2/c1-6-23(5,17-11-14-20(4)13-10-12-19(2)3)25-22(24)18-21-15-8-7-9-16-21/h6-9,12,14-16H,1,10-11,13,17-18H2,2-5H3. The molecule has 1 aromatic carbocycles. The van der Waals surface area contributed by atoms with Gasteiger partial charge in [-0.2, -0.15) is 0 Å². The number of ether oxygens (including phenoxy) is 1. The first-order valence-electron chi connectivity index (χ1n) is 9.03. The van der Waals surface area contributed by atoms with Crippen molar-refractivity contribution >= 4 is 5.97 Å². The highest BCUT2D eigenvalue weighted by atomic mass is 16.6. The molecule has 1 atom stereocenters. The summed E-state index contributed by atoms with van der Waals surface area (Å²) in [5.74, 6) is -0.210. The van der Waals surface area contributed by atoms with Gasteiger partial charge < -0.3 is 4.74 Å². The number of hydrogen-bond donors (Lipinski definition) is 0. The van der Waals surface area contributed by atoms with Gasteiger partial charge in [0, 0.05) is 0 Å². The van der Waals surface area contributed by atoms with Crippen LogP contribution in [0.15, 0.2) is 66.3 Å². The zero-order valence-corrected chi connectivity index (χ0v) is 16.2. The minimum Gasteiger partial charge on any atom is -0.455 e. The quantitative estimate of drug-likeness (QED) is 0.375. The number of carbonyl (C=O) groups excluding carboxylic acids is 1. The van der Waals surface area contributed by atoms with E-state index in [1.165, 1.54) is 11.1 Å². The number of rotatable bonds is 10. The van der Waals surface area contributed by atoms with Crippen LogP contribution in [-0.4, -0.2) is 11.6 Å². The molecule has 0 aliphatic carbocycles. The maximum absolute atomic E-state index is 12.2. The molecule has 0 aromatic heterocycles. The second-order valence-corrected chi connectivity index (χ2v) is 7.06. The number of benzene rings is 1. The fourth-order valence-electron chi connectivity index (χ4n) is 2.55. The highest BCUT2D eigenvalue weighted by Crippen LogP contribution is 2.21. The molecule has 0 spiro atoms. The van der Waals surface area contributed by atoms with Crippen LogP contribution in [0, 0.1) is 0 Å². The number of allylic oxidation sites excluding steroid dienone is 4. The molecule has 1 aromatic rings. The van der Waals surface area contributed by atoms with Crippen LogP contribution in [0.5, 0.6) is 0 Å². The van der Waals surface area contributed by atoms with Gasteiger partial charge in [0.05, 0.1) is 6.42 Å². The molecule has 1 rings (SSSR count). The first-order valence-corrected chi connectivity index (χ1v) is 9.03. The Kier molecular flexibility index (Phi) is 8.98. The third-order valence-corrected chi connectivity index (χ3v) is 4.19. The van der Waals surface area contributed by atoms with Crippen molar-refractivity contribution in [2.75, 3.05) is 0 Å². The van der Waals surface area contributed by atoms with Crippen LogP contribution < -0.4 is 0 Å². The Labute approximate surface area is 153 Å². The van der Waals surface area contributed by atoms with E-state index in [1.807, 2.05) is 37.3 Å². The fourth-order valence-corrected chi connectivity index (χ4v) is 2.55. The van der Waals surface area contributed by atoms with Gasteiger partial charge in [-0.1, -0.05) is 60.2 Å². The number of carbonyl (C=O) groups is 1. The van der Waals surface area contributed by atoms with Crippen molar-refractivity contribution in [2.45, 2.75) is 65.4 Å². The molecule has 136 valence electrons. The van der Waals surface area contributed by atoms with Gasteiger partial charge in [0.1, 0.15) is 5.60 Å². The van der Waals surface area contributed by atoms with Crippen molar-refractivity contribution in [3.8, 4) is 0 Å². The van der Waals surface area contributed by atoms with E-state index in [1.54, 1.807) is 6.08 Å². The van der Waals surface area contributed by atoms with E-state index >= 15 is 0 Å². The van der Waals surface area contributed by atoms with E-state index in [0.717, 1.165) is 31.2 Å². The van der Waals surface area contributed by atoms with Crippen LogP contribution in [0.3, 0.4) is 0 Å². The van der Waals surface area contributed by atoms with Gasteiger partial charge in [-0.15, -0.1) is 0 Å². The van der Waals surface area contributed by atoms with Crippen molar-refractivity contribution < 1.29 is 9.53 Å². The van der Waals surface area contributed by atoms with Crippen molar-refractivity contribution in [1.29, 1.82) is 0 Å². The van der Waals surface area contributed by atoms with Gasteiger partial charge in [-0.3, -0.25) is 4.79 Å². The molecular formula is C23H32O2. The molecule has 2 heteroatoms. The van der Waals surface area contributed by atoms with Gasteiger partial charge in [-0.05, 0) is 65.0 Å². The lowest BCUT2D eigenvalue weighted by Crippen LogP contribution is -2.30. The molecule has 0 radical (unpaired) electrons. The van der Waals surface area contributed by atoms with Crippen molar-refractivity contribution in [3.05, 3.63) is 71.8 Å². The maximum Gasteiger partial charge on any atom is 0.311 e. The molecule has 1 unspecified atom stereocenters. The molecule has 0 aliphatic rings. The Bertz CT molecular complexity index is 606. The molecule has 0 bridgehead atoms. The minimum absolute atomic E-state index is 0.210. The molecule has 25 heavy (non-hydrogen) atoms. The van der Waals surface area contributed by atoms with E-state index in [-0.39, 0.29) is 5.97 Å². The average Bonchev–Trinajstić information content (AvgIpc) is 2.55. The van der Waals surface area contributed by atoms with E-state index in [0.29, 0.717) is 6.42 Å². The molecule has 0 aliphatic heterocycles. The highest BCUT2D eigenvalue weighted by molar-refractivity contribution is 5.73. The van der Waals surface area contributed by atoms with Crippen LogP contribution in [0.4, 0.5) is 0 Å². The summed E-state index contributed by atoms with van der Waals surface area (Å²) in [4.78, 5) is 12.2. The summed E-state index contributed by atoms with van der Waals surface area (Å²) < 4.78 is 5.69. The number of esters is 1. The van der Waals surface area contributed by atoms with E-state index < -0.39 is 5.60 Å². The van der Waals surface area contributed by atoms with Gasteiger partial charge in [-0.25, -0.2) is 0 Å². The Morgan fingerprint density at radius 3 is 2.40 bits per heavy atom. The fraction of sp³-hybridized carbons (Fsp3) is 0.435. The van der Waals surface area contributed by atoms with Gasteiger partial charge in [0.15, 0.2) is 0 Å². The minimum atomic E-state index is -0.622. The van der Waals surface area contributed by atoms with Crippen LogP contribution in [0.25, 0.3) is 0 Å². The lowest BCUT2D eigenvalue weighted by molar-refractivity contribution is -0.153. The van der Waals surface area contributed by atoms with Crippen LogP contribution in [0.2, 0.25) is 0 Å². The largest absolute Gasteiger partial charge is 0.455 e. The van der Waals surface area contributed by atoms with Crippen molar-refractivity contribution in [2.24, 2.45) is 0 Å². The maximum atomic E-state index is 12.2. The molecule has 2 nitrogen and oxygen atoms in total. The predicted octanol–water partition coefficient (Wildman–Crippen LogP) is 6.19. The summed E-state index contributed by atoms with van der Waals surface area (Å²) in [6.07, 6.45) is 10.3. The SMILES string of the molecule is C=CC(C)(CCC=C(C)CCC=C(C)C)OC(=O)Cc1ccccc1. The van der Waals surface area contributed by atoms with Gasteiger partial charge in [0.25, 0.3) is 0 Å². The highest BCUT2D eigenvalue weighted by Gasteiger charge is 2.24. The smallest absolute Gasteiger partial charge is 0.311 e. The Morgan fingerprint density at radius 1 is 1.12 bits per heavy atom. The van der Waals surface area contributed by atoms with Gasteiger partial charge >= 0.3 is 5.97 Å². The Morgan fingerprint density at radius 2 is 1.80 bits per heavy atom. The van der Waals surface area contributed by atoms with Crippen molar-refractivity contribution in [1.82, 2.24) is 0 Å². The lowest BCUT2D eigenvalue weighted by atomic mass is 9.98. The van der Waals surface area contributed by atoms with Gasteiger partial charge in [0.2, 0.25) is 0 Å². The molecular weight excluding hydrogens is 308 g/mol. The zero-order valence-electron chi connectivity index (χ0n) is 16.2. The van der Waals surface area contributed by atoms with Crippen LogP contribution in [0.1, 0.15) is 58.9 Å². The third-order valence-electron chi connectivity index (χ3n) is 4.19. The van der Waals surface area contributed by atoms with E-state index in [9.17, 15) is 4.79 Å². The van der Waals surface area contributed by atoms with Crippen LogP contribution in [-0.2, 0) is 16.0 Å². The summed E-state index contributed by atoms with van der Waals surface area (Å²) >= 11 is 0. The average molecular weight is 341 g/mol. The zero-order chi connectivity index (χ0) is 18.7. The normalized spacial score (nSPS) is 13.7. The second-order valence-electron chi connectivity index (χ2n) is 7.06. The van der Waals surface area contributed by atoms with Crippen molar-refractivity contribution in [3.63, 3.8) is 0 Å². The third kappa shape index (κ3) is 9.09. The first kappa shape index (κ1) is 21.0. The summed E-state index contributed by atoms with van der Waals surface area (Å²) in [7, 11) is 0. The second kappa shape index (κ2) is 10.7. The Balaban J connectivity index is 2.48.